The Labute approximate surface area is 58.6 Å². The van der Waals surface area contributed by atoms with Crippen LogP contribution in [0.3, 0.4) is 0 Å². The van der Waals surface area contributed by atoms with Gasteiger partial charge in [0.2, 0.25) is 0 Å². The van der Waals surface area contributed by atoms with Gasteiger partial charge >= 0.3 is 0 Å². The van der Waals surface area contributed by atoms with Gasteiger partial charge < -0.3 is 10.5 Å². The third-order valence-corrected chi connectivity index (χ3v) is 1.59. The average Bonchev–Trinajstić information content (AvgIpc) is 2.10. The molecule has 4 nitrogen and oxygen atoms in total. The van der Waals surface area contributed by atoms with Gasteiger partial charge in [0.15, 0.2) is 6.23 Å². The van der Waals surface area contributed by atoms with Crippen molar-refractivity contribution < 1.29 is 4.74 Å². The van der Waals surface area contributed by atoms with Crippen LogP contribution >= 0.6 is 0 Å². The van der Waals surface area contributed by atoms with Crippen molar-refractivity contribution in [3.8, 4) is 0 Å². The van der Waals surface area contributed by atoms with Gasteiger partial charge in [0.05, 0.1) is 24.7 Å². The van der Waals surface area contributed by atoms with Crippen molar-refractivity contribution in [2.75, 3.05) is 12.3 Å². The van der Waals surface area contributed by atoms with E-state index in [4.69, 9.17) is 10.5 Å². The van der Waals surface area contributed by atoms with Crippen LogP contribution in [-0.4, -0.2) is 16.4 Å². The molecule has 2 N–H and O–H groups in total. The van der Waals surface area contributed by atoms with Crippen molar-refractivity contribution in [3.05, 3.63) is 12.4 Å². The van der Waals surface area contributed by atoms with Crippen molar-refractivity contribution in [2.24, 2.45) is 0 Å². The molecule has 0 aliphatic carbocycles. The Hall–Kier alpha value is -1.03. The minimum absolute atomic E-state index is 0.136. The minimum atomic E-state index is 0.136. The molecule has 10 heavy (non-hydrogen) atoms. The number of hydrogen-bond donors (Lipinski definition) is 1. The summed E-state index contributed by atoms with van der Waals surface area (Å²) in [6.45, 7) is 0.838. The zero-order chi connectivity index (χ0) is 6.97. The summed E-state index contributed by atoms with van der Waals surface area (Å²) in [5, 5.41) is 4.00. The average molecular weight is 139 g/mol. The van der Waals surface area contributed by atoms with Gasteiger partial charge in [-0.25, -0.2) is 4.68 Å². The van der Waals surface area contributed by atoms with Gasteiger partial charge in [0, 0.05) is 6.42 Å². The lowest BCUT2D eigenvalue weighted by molar-refractivity contribution is -0.106. The van der Waals surface area contributed by atoms with E-state index < -0.39 is 0 Å². The van der Waals surface area contributed by atoms with Gasteiger partial charge in [-0.2, -0.15) is 5.10 Å². The number of anilines is 1. The van der Waals surface area contributed by atoms with Crippen LogP contribution in [0.4, 0.5) is 5.69 Å². The fourth-order valence-electron chi connectivity index (χ4n) is 0.942. The van der Waals surface area contributed by atoms with E-state index in [-0.39, 0.29) is 6.23 Å². The van der Waals surface area contributed by atoms with Crippen LogP contribution in [0.2, 0.25) is 0 Å². The van der Waals surface area contributed by atoms with Crippen LogP contribution in [0.15, 0.2) is 12.4 Å². The summed E-state index contributed by atoms with van der Waals surface area (Å²) < 4.78 is 6.92. The predicted molar refractivity (Wildman–Crippen MR) is 36.2 cm³/mol. The van der Waals surface area contributed by atoms with E-state index >= 15 is 0 Å². The van der Waals surface area contributed by atoms with Gasteiger partial charge in [0.25, 0.3) is 0 Å². The van der Waals surface area contributed by atoms with Crippen LogP contribution in [0, 0.1) is 0 Å². The molecule has 1 fully saturated rings. The molecule has 1 saturated heterocycles. The monoisotopic (exact) mass is 139 g/mol. The summed E-state index contributed by atoms with van der Waals surface area (Å²) in [4.78, 5) is 0. The fourth-order valence-corrected chi connectivity index (χ4v) is 0.942. The molecule has 1 unspecified atom stereocenters. The van der Waals surface area contributed by atoms with E-state index in [0.717, 1.165) is 13.0 Å². The Bertz CT molecular complexity index is 229. The highest BCUT2D eigenvalue weighted by molar-refractivity contribution is 5.30. The molecular weight excluding hydrogens is 130 g/mol. The Balaban J connectivity index is 2.17. The Morgan fingerprint density at radius 1 is 1.80 bits per heavy atom. The SMILES string of the molecule is Nc1cnn(C2CCO2)c1. The molecular formula is C6H9N3O. The van der Waals surface area contributed by atoms with Crippen molar-refractivity contribution in [1.29, 1.82) is 0 Å². The van der Waals surface area contributed by atoms with Gasteiger partial charge in [-0.15, -0.1) is 0 Å². The maximum atomic E-state index is 5.46. The second kappa shape index (κ2) is 1.98. The zero-order valence-electron chi connectivity index (χ0n) is 5.53. The van der Waals surface area contributed by atoms with Crippen LogP contribution in [0.5, 0.6) is 0 Å². The third-order valence-electron chi connectivity index (χ3n) is 1.59. The van der Waals surface area contributed by atoms with E-state index in [9.17, 15) is 0 Å². The van der Waals surface area contributed by atoms with Gasteiger partial charge in [0.1, 0.15) is 0 Å². The molecule has 0 aromatic carbocycles. The first-order valence-electron chi connectivity index (χ1n) is 3.27. The summed E-state index contributed by atoms with van der Waals surface area (Å²) >= 11 is 0. The predicted octanol–water partition coefficient (Wildman–Crippen LogP) is 0.384. The zero-order valence-corrected chi connectivity index (χ0v) is 5.53. The molecule has 4 heteroatoms. The number of hydrogen-bond acceptors (Lipinski definition) is 3. The molecule has 0 radical (unpaired) electrons. The topological polar surface area (TPSA) is 53.1 Å². The van der Waals surface area contributed by atoms with E-state index in [2.05, 4.69) is 5.10 Å². The van der Waals surface area contributed by atoms with E-state index in [1.165, 1.54) is 0 Å². The highest BCUT2D eigenvalue weighted by Crippen LogP contribution is 2.22. The normalized spacial score (nSPS) is 24.2. The van der Waals surface area contributed by atoms with Crippen LogP contribution in [-0.2, 0) is 4.74 Å². The highest BCUT2D eigenvalue weighted by atomic mass is 16.5. The van der Waals surface area contributed by atoms with Crippen molar-refractivity contribution in [1.82, 2.24) is 9.78 Å². The fraction of sp³-hybridized carbons (Fsp3) is 0.500. The Kier molecular flexibility index (Phi) is 1.14. The lowest BCUT2D eigenvalue weighted by Crippen LogP contribution is -2.24. The van der Waals surface area contributed by atoms with E-state index in [1.54, 1.807) is 17.1 Å². The Morgan fingerprint density at radius 3 is 3.00 bits per heavy atom. The van der Waals surface area contributed by atoms with Gasteiger partial charge in [-0.05, 0) is 0 Å². The quantitative estimate of drug-likeness (QED) is 0.612. The number of nitrogens with two attached hydrogens (primary N) is 1. The molecule has 54 valence electrons. The standard InChI is InChI=1S/C6H9N3O/c7-5-3-8-9(4-5)6-1-2-10-6/h3-4,6H,1-2,7H2. The number of rotatable bonds is 1. The molecule has 1 aliphatic rings. The third kappa shape index (κ3) is 0.769. The number of nitrogens with zero attached hydrogens (tertiary/aromatic N) is 2. The largest absolute Gasteiger partial charge is 0.396 e. The highest BCUT2D eigenvalue weighted by Gasteiger charge is 2.19. The first kappa shape index (κ1) is 5.73. The summed E-state index contributed by atoms with van der Waals surface area (Å²) in [5.41, 5.74) is 6.15. The molecule has 0 bridgehead atoms. The molecule has 1 aromatic heterocycles. The lowest BCUT2D eigenvalue weighted by Gasteiger charge is -2.26. The molecule has 1 aliphatic heterocycles. The van der Waals surface area contributed by atoms with Gasteiger partial charge in [-0.1, -0.05) is 0 Å². The summed E-state index contributed by atoms with van der Waals surface area (Å²) in [6, 6.07) is 0. The molecule has 0 saturated carbocycles. The van der Waals surface area contributed by atoms with Crippen LogP contribution in [0.1, 0.15) is 12.6 Å². The summed E-state index contributed by atoms with van der Waals surface area (Å²) in [6.07, 6.45) is 4.59. The van der Waals surface area contributed by atoms with Crippen molar-refractivity contribution >= 4 is 5.69 Å². The molecule has 1 atom stereocenters. The van der Waals surface area contributed by atoms with Gasteiger partial charge in [-0.3, -0.25) is 0 Å². The van der Waals surface area contributed by atoms with Crippen LogP contribution in [0.25, 0.3) is 0 Å². The number of aromatic nitrogens is 2. The maximum Gasteiger partial charge on any atom is 0.152 e. The van der Waals surface area contributed by atoms with E-state index in [1.807, 2.05) is 0 Å². The van der Waals surface area contributed by atoms with Crippen molar-refractivity contribution in [2.45, 2.75) is 12.6 Å². The molecule has 2 rings (SSSR count). The minimum Gasteiger partial charge on any atom is -0.396 e. The van der Waals surface area contributed by atoms with Crippen molar-refractivity contribution in [3.63, 3.8) is 0 Å². The van der Waals surface area contributed by atoms with E-state index in [0.29, 0.717) is 5.69 Å². The number of ether oxygens (including phenoxy) is 1. The summed E-state index contributed by atoms with van der Waals surface area (Å²) in [5.74, 6) is 0. The molecule has 0 spiro atoms. The second-order valence-corrected chi connectivity index (χ2v) is 2.37. The molecule has 2 heterocycles. The molecule has 1 aromatic rings. The summed E-state index contributed by atoms with van der Waals surface area (Å²) in [7, 11) is 0. The second-order valence-electron chi connectivity index (χ2n) is 2.37. The lowest BCUT2D eigenvalue weighted by atomic mass is 10.3. The Morgan fingerprint density at radius 2 is 2.60 bits per heavy atom. The van der Waals surface area contributed by atoms with Crippen LogP contribution < -0.4 is 5.73 Å². The molecule has 0 amide bonds. The first-order valence-corrected chi connectivity index (χ1v) is 3.27. The maximum absolute atomic E-state index is 5.46. The first-order chi connectivity index (χ1) is 4.86. The number of nitrogen functional groups attached to an aromatic ring is 1. The smallest absolute Gasteiger partial charge is 0.152 e.